The molecule has 0 saturated heterocycles. The van der Waals surface area contributed by atoms with E-state index in [1.807, 2.05) is 26.8 Å². The molecule has 1 aromatic rings. The standard InChI is InChI=1S/C13H15NO3/c1-7-4-8(12(16)17)11-9(5-7)13(2,3)6-10(15)14-11/h4-5H,6H2,1-3H3,(H,14,15)(H,16,17). The number of benzene rings is 1. The molecule has 0 spiro atoms. The first-order chi connectivity index (χ1) is 7.81. The molecular weight excluding hydrogens is 218 g/mol. The van der Waals surface area contributed by atoms with Gasteiger partial charge in [-0.3, -0.25) is 4.79 Å². The molecule has 2 N–H and O–H groups in total. The van der Waals surface area contributed by atoms with Gasteiger partial charge >= 0.3 is 5.97 Å². The highest BCUT2D eigenvalue weighted by molar-refractivity contribution is 6.04. The Morgan fingerprint density at radius 3 is 2.65 bits per heavy atom. The molecule has 1 aromatic carbocycles. The smallest absolute Gasteiger partial charge is 0.337 e. The predicted octanol–water partition coefficient (Wildman–Crippen LogP) is 2.31. The molecule has 0 aliphatic carbocycles. The van der Waals surface area contributed by atoms with Crippen molar-refractivity contribution in [2.75, 3.05) is 5.32 Å². The van der Waals surface area contributed by atoms with Crippen molar-refractivity contribution in [2.24, 2.45) is 0 Å². The maximum absolute atomic E-state index is 11.6. The van der Waals surface area contributed by atoms with E-state index in [0.717, 1.165) is 11.1 Å². The van der Waals surface area contributed by atoms with Crippen molar-refractivity contribution >= 4 is 17.6 Å². The maximum atomic E-state index is 11.6. The molecule has 4 nitrogen and oxygen atoms in total. The predicted molar refractivity (Wildman–Crippen MR) is 64.4 cm³/mol. The minimum atomic E-state index is -1.01. The first kappa shape index (κ1) is 11.6. The van der Waals surface area contributed by atoms with Crippen LogP contribution in [0, 0.1) is 6.92 Å². The Bertz CT molecular complexity index is 518. The second-order valence-electron chi connectivity index (χ2n) is 5.15. The lowest BCUT2D eigenvalue weighted by Crippen LogP contribution is -2.33. The van der Waals surface area contributed by atoms with Crippen LogP contribution in [0.2, 0.25) is 0 Å². The number of aryl methyl sites for hydroxylation is 1. The molecule has 2 rings (SSSR count). The minimum Gasteiger partial charge on any atom is -0.478 e. The van der Waals surface area contributed by atoms with Gasteiger partial charge in [-0.15, -0.1) is 0 Å². The fraction of sp³-hybridized carbons (Fsp3) is 0.385. The van der Waals surface area contributed by atoms with E-state index in [0.29, 0.717) is 12.1 Å². The molecule has 0 saturated carbocycles. The lowest BCUT2D eigenvalue weighted by Gasteiger charge is -2.33. The third kappa shape index (κ3) is 1.90. The Kier molecular flexibility index (Phi) is 2.45. The van der Waals surface area contributed by atoms with Crippen molar-refractivity contribution in [3.05, 3.63) is 28.8 Å². The molecule has 0 bridgehead atoms. The number of anilines is 1. The molecule has 0 aromatic heterocycles. The van der Waals surface area contributed by atoms with Crippen molar-refractivity contribution in [1.82, 2.24) is 0 Å². The molecule has 1 heterocycles. The van der Waals surface area contributed by atoms with Gasteiger partial charge in [-0.25, -0.2) is 4.79 Å². The Labute approximate surface area is 99.6 Å². The zero-order valence-electron chi connectivity index (χ0n) is 10.1. The van der Waals surface area contributed by atoms with Crippen LogP contribution in [0.15, 0.2) is 12.1 Å². The highest BCUT2D eigenvalue weighted by atomic mass is 16.4. The summed E-state index contributed by atoms with van der Waals surface area (Å²) >= 11 is 0. The third-order valence-corrected chi connectivity index (χ3v) is 3.11. The van der Waals surface area contributed by atoms with E-state index in [9.17, 15) is 14.7 Å². The highest BCUT2D eigenvalue weighted by Gasteiger charge is 2.34. The lowest BCUT2D eigenvalue weighted by molar-refractivity contribution is -0.117. The van der Waals surface area contributed by atoms with E-state index in [4.69, 9.17) is 0 Å². The van der Waals surface area contributed by atoms with Gasteiger partial charge in [-0.1, -0.05) is 19.9 Å². The van der Waals surface area contributed by atoms with Gasteiger partial charge < -0.3 is 10.4 Å². The summed E-state index contributed by atoms with van der Waals surface area (Å²) in [5, 5.41) is 11.8. The largest absolute Gasteiger partial charge is 0.478 e. The summed E-state index contributed by atoms with van der Waals surface area (Å²) in [6.07, 6.45) is 0.377. The quantitative estimate of drug-likeness (QED) is 0.782. The van der Waals surface area contributed by atoms with Crippen molar-refractivity contribution in [1.29, 1.82) is 0 Å². The van der Waals surface area contributed by atoms with E-state index in [-0.39, 0.29) is 16.9 Å². The number of rotatable bonds is 1. The van der Waals surface area contributed by atoms with Crippen LogP contribution < -0.4 is 5.32 Å². The fourth-order valence-corrected chi connectivity index (χ4v) is 2.30. The first-order valence-electron chi connectivity index (χ1n) is 5.49. The Balaban J connectivity index is 2.73. The molecule has 0 radical (unpaired) electrons. The molecule has 0 atom stereocenters. The number of carbonyl (C=O) groups is 2. The monoisotopic (exact) mass is 233 g/mol. The lowest BCUT2D eigenvalue weighted by atomic mass is 9.76. The van der Waals surface area contributed by atoms with Gasteiger partial charge in [-0.2, -0.15) is 0 Å². The Hall–Kier alpha value is -1.84. The fourth-order valence-electron chi connectivity index (χ4n) is 2.30. The van der Waals surface area contributed by atoms with Crippen molar-refractivity contribution < 1.29 is 14.7 Å². The summed E-state index contributed by atoms with van der Waals surface area (Å²) in [4.78, 5) is 22.8. The molecule has 0 fully saturated rings. The molecular formula is C13H15NO3. The number of amides is 1. The summed E-state index contributed by atoms with van der Waals surface area (Å²) in [5.74, 6) is -1.14. The summed E-state index contributed by atoms with van der Waals surface area (Å²) < 4.78 is 0. The number of nitrogens with one attached hydrogen (secondary N) is 1. The van der Waals surface area contributed by atoms with Crippen LogP contribution in [-0.4, -0.2) is 17.0 Å². The van der Waals surface area contributed by atoms with Gasteiger partial charge in [0.1, 0.15) is 0 Å². The summed E-state index contributed by atoms with van der Waals surface area (Å²) in [7, 11) is 0. The number of carboxylic acid groups (broad SMARTS) is 1. The number of aromatic carboxylic acids is 1. The topological polar surface area (TPSA) is 66.4 Å². The summed E-state index contributed by atoms with van der Waals surface area (Å²) in [5.41, 5.74) is 2.08. The van der Waals surface area contributed by atoms with Crippen LogP contribution in [0.4, 0.5) is 5.69 Å². The van der Waals surface area contributed by atoms with Gasteiger partial charge in [0.2, 0.25) is 5.91 Å². The van der Waals surface area contributed by atoms with Crippen LogP contribution in [0.1, 0.15) is 41.8 Å². The highest BCUT2D eigenvalue weighted by Crippen LogP contribution is 2.39. The normalized spacial score (nSPS) is 17.2. The molecule has 1 amide bonds. The Morgan fingerprint density at radius 1 is 1.41 bits per heavy atom. The summed E-state index contributed by atoms with van der Waals surface area (Å²) in [6.45, 7) is 5.77. The van der Waals surface area contributed by atoms with Crippen molar-refractivity contribution in [2.45, 2.75) is 32.6 Å². The van der Waals surface area contributed by atoms with Gasteiger partial charge in [-0.05, 0) is 24.1 Å². The van der Waals surface area contributed by atoms with Gasteiger partial charge in [0, 0.05) is 11.8 Å². The van der Waals surface area contributed by atoms with E-state index in [1.165, 1.54) is 0 Å². The van der Waals surface area contributed by atoms with Crippen LogP contribution in [0.3, 0.4) is 0 Å². The second kappa shape index (κ2) is 3.58. The van der Waals surface area contributed by atoms with E-state index in [2.05, 4.69) is 5.32 Å². The van der Waals surface area contributed by atoms with Crippen LogP contribution in [-0.2, 0) is 10.2 Å². The Morgan fingerprint density at radius 2 is 2.06 bits per heavy atom. The molecule has 90 valence electrons. The van der Waals surface area contributed by atoms with Crippen molar-refractivity contribution in [3.63, 3.8) is 0 Å². The van der Waals surface area contributed by atoms with E-state index < -0.39 is 5.97 Å². The van der Waals surface area contributed by atoms with Gasteiger partial charge in [0.15, 0.2) is 0 Å². The van der Waals surface area contributed by atoms with Crippen LogP contribution in [0.25, 0.3) is 0 Å². The van der Waals surface area contributed by atoms with Gasteiger partial charge in [0.25, 0.3) is 0 Å². The SMILES string of the molecule is Cc1cc(C(=O)O)c2c(c1)C(C)(C)CC(=O)N2. The number of fused-ring (bicyclic) bond motifs is 1. The van der Waals surface area contributed by atoms with Gasteiger partial charge in [0.05, 0.1) is 11.3 Å². The number of carbonyl (C=O) groups excluding carboxylic acids is 1. The minimum absolute atomic E-state index is 0.131. The molecule has 0 unspecified atom stereocenters. The third-order valence-electron chi connectivity index (χ3n) is 3.11. The number of carboxylic acids is 1. The van der Waals surface area contributed by atoms with E-state index >= 15 is 0 Å². The number of hydrogen-bond donors (Lipinski definition) is 2. The maximum Gasteiger partial charge on any atom is 0.337 e. The number of hydrogen-bond acceptors (Lipinski definition) is 2. The van der Waals surface area contributed by atoms with Crippen LogP contribution in [0.5, 0.6) is 0 Å². The second-order valence-corrected chi connectivity index (χ2v) is 5.15. The molecule has 1 aliphatic rings. The van der Waals surface area contributed by atoms with Crippen molar-refractivity contribution in [3.8, 4) is 0 Å². The molecule has 4 heteroatoms. The van der Waals surface area contributed by atoms with Crippen LogP contribution >= 0.6 is 0 Å². The summed E-state index contributed by atoms with van der Waals surface area (Å²) in [6, 6.07) is 3.53. The molecule has 17 heavy (non-hydrogen) atoms. The average molecular weight is 233 g/mol. The zero-order chi connectivity index (χ0) is 12.8. The average Bonchev–Trinajstić information content (AvgIpc) is 2.17. The first-order valence-corrected chi connectivity index (χ1v) is 5.49. The molecule has 1 aliphatic heterocycles. The van der Waals surface area contributed by atoms with E-state index in [1.54, 1.807) is 6.07 Å². The zero-order valence-corrected chi connectivity index (χ0v) is 10.1.